The van der Waals surface area contributed by atoms with E-state index in [9.17, 15) is 14.4 Å². The molecule has 22 heavy (non-hydrogen) atoms. The maximum absolute atomic E-state index is 11.4. The molecule has 0 aliphatic heterocycles. The Morgan fingerprint density at radius 2 is 1.36 bits per heavy atom. The molecule has 0 aromatic rings. The highest BCUT2D eigenvalue weighted by Crippen LogP contribution is 2.28. The zero-order valence-electron chi connectivity index (χ0n) is 13.0. The van der Waals surface area contributed by atoms with E-state index in [4.69, 9.17) is 14.2 Å². The van der Waals surface area contributed by atoms with Gasteiger partial charge < -0.3 is 14.2 Å². The average molecular weight is 352 g/mol. The van der Waals surface area contributed by atoms with Crippen LogP contribution < -0.4 is 0 Å². The molecule has 0 N–H and O–H groups in total. The summed E-state index contributed by atoms with van der Waals surface area (Å²) in [5, 5.41) is 0. The number of ether oxygens (including phenoxy) is 3. The van der Waals surface area contributed by atoms with E-state index in [2.05, 4.69) is 25.3 Å². The molecule has 0 heterocycles. The lowest BCUT2D eigenvalue weighted by Gasteiger charge is -2.31. The summed E-state index contributed by atoms with van der Waals surface area (Å²) in [4.78, 5) is 33.8. The van der Waals surface area contributed by atoms with Crippen molar-refractivity contribution < 1.29 is 28.6 Å². The van der Waals surface area contributed by atoms with Gasteiger partial charge in [-0.3, -0.25) is 14.4 Å². The standard InChI is InChI=1S/C14H24O6S2/c1-3-11(15)19-9-14(4-2,10-20-13(17)8-22)5-6-18-12(16)7-21/h21-22H,3-10H2,1-2H3. The van der Waals surface area contributed by atoms with E-state index in [0.29, 0.717) is 12.8 Å². The molecule has 8 heteroatoms. The molecule has 0 saturated heterocycles. The Kier molecular flexibility index (Phi) is 11.2. The highest BCUT2D eigenvalue weighted by Gasteiger charge is 2.32. The van der Waals surface area contributed by atoms with E-state index in [1.165, 1.54) is 0 Å². The van der Waals surface area contributed by atoms with Crippen LogP contribution in [0.4, 0.5) is 0 Å². The number of rotatable bonds is 11. The summed E-state index contributed by atoms with van der Waals surface area (Å²) < 4.78 is 15.3. The van der Waals surface area contributed by atoms with Gasteiger partial charge in [0.2, 0.25) is 0 Å². The predicted octanol–water partition coefficient (Wildman–Crippen LogP) is 1.67. The second kappa shape index (κ2) is 11.6. The summed E-state index contributed by atoms with van der Waals surface area (Å²) in [5.41, 5.74) is -0.583. The molecule has 0 aliphatic rings. The monoisotopic (exact) mass is 352 g/mol. The summed E-state index contributed by atoms with van der Waals surface area (Å²) in [5.74, 6) is -1.23. The molecule has 0 fully saturated rings. The zero-order chi connectivity index (χ0) is 17.0. The van der Waals surface area contributed by atoms with Crippen molar-refractivity contribution in [1.29, 1.82) is 0 Å². The van der Waals surface area contributed by atoms with E-state index in [1.807, 2.05) is 6.92 Å². The first-order chi connectivity index (χ1) is 10.4. The molecule has 1 unspecified atom stereocenters. The number of hydrogen-bond donors (Lipinski definition) is 2. The molecule has 0 saturated carbocycles. The SMILES string of the molecule is CCC(=O)OCC(CC)(CCOC(=O)CS)COC(=O)CS. The average Bonchev–Trinajstić information content (AvgIpc) is 2.55. The maximum Gasteiger partial charge on any atom is 0.315 e. The molecule has 0 aromatic heterocycles. The molecular formula is C14H24O6S2. The summed E-state index contributed by atoms with van der Waals surface area (Å²) in [6.07, 6.45) is 1.28. The minimum Gasteiger partial charge on any atom is -0.465 e. The van der Waals surface area contributed by atoms with Crippen molar-refractivity contribution in [2.75, 3.05) is 31.3 Å². The topological polar surface area (TPSA) is 78.9 Å². The second-order valence-corrected chi connectivity index (χ2v) is 5.45. The smallest absolute Gasteiger partial charge is 0.315 e. The Morgan fingerprint density at radius 1 is 0.864 bits per heavy atom. The van der Waals surface area contributed by atoms with Gasteiger partial charge in [-0.1, -0.05) is 13.8 Å². The first kappa shape index (κ1) is 21.1. The van der Waals surface area contributed by atoms with Crippen LogP contribution in [0.1, 0.15) is 33.1 Å². The molecule has 0 bridgehead atoms. The van der Waals surface area contributed by atoms with E-state index in [1.54, 1.807) is 6.92 Å². The van der Waals surface area contributed by atoms with E-state index >= 15 is 0 Å². The molecule has 128 valence electrons. The number of carbonyl (C=O) groups is 3. The van der Waals surface area contributed by atoms with E-state index in [-0.39, 0.29) is 43.7 Å². The normalized spacial score (nSPS) is 13.1. The molecule has 0 amide bonds. The van der Waals surface area contributed by atoms with E-state index in [0.717, 1.165) is 0 Å². The molecule has 0 aliphatic carbocycles. The largest absolute Gasteiger partial charge is 0.465 e. The Labute approximate surface area is 142 Å². The van der Waals surface area contributed by atoms with Gasteiger partial charge in [0.1, 0.15) is 13.2 Å². The van der Waals surface area contributed by atoms with Gasteiger partial charge in [0.25, 0.3) is 0 Å². The van der Waals surface area contributed by atoms with E-state index < -0.39 is 17.4 Å². The van der Waals surface area contributed by atoms with Gasteiger partial charge in [-0.25, -0.2) is 0 Å². The van der Waals surface area contributed by atoms with Gasteiger partial charge in [-0.15, -0.1) is 0 Å². The first-order valence-corrected chi connectivity index (χ1v) is 8.38. The van der Waals surface area contributed by atoms with Crippen LogP contribution in [0.25, 0.3) is 0 Å². The minimum atomic E-state index is -0.583. The van der Waals surface area contributed by atoms with Crippen molar-refractivity contribution in [3.8, 4) is 0 Å². The van der Waals surface area contributed by atoms with Crippen molar-refractivity contribution in [2.24, 2.45) is 5.41 Å². The van der Waals surface area contributed by atoms with Crippen molar-refractivity contribution in [2.45, 2.75) is 33.1 Å². The Hall–Kier alpha value is -0.890. The van der Waals surface area contributed by atoms with Gasteiger partial charge in [0.15, 0.2) is 0 Å². The molecule has 6 nitrogen and oxygen atoms in total. The summed E-state index contributed by atoms with van der Waals surface area (Å²) >= 11 is 7.67. The molecule has 0 radical (unpaired) electrons. The number of thiol groups is 2. The fourth-order valence-corrected chi connectivity index (χ4v) is 1.79. The first-order valence-electron chi connectivity index (χ1n) is 7.11. The van der Waals surface area contributed by atoms with Gasteiger partial charge >= 0.3 is 17.9 Å². The lowest BCUT2D eigenvalue weighted by atomic mass is 9.83. The fourth-order valence-electron chi connectivity index (χ4n) is 1.61. The lowest BCUT2D eigenvalue weighted by molar-refractivity contribution is -0.155. The Morgan fingerprint density at radius 3 is 1.82 bits per heavy atom. The second-order valence-electron chi connectivity index (χ2n) is 4.82. The van der Waals surface area contributed by atoms with Crippen LogP contribution in [0.15, 0.2) is 0 Å². The van der Waals surface area contributed by atoms with Gasteiger partial charge in [0.05, 0.1) is 18.1 Å². The predicted molar refractivity (Wildman–Crippen MR) is 88.2 cm³/mol. The summed E-state index contributed by atoms with van der Waals surface area (Å²) in [6, 6.07) is 0. The molecule has 0 spiro atoms. The fraction of sp³-hybridized carbons (Fsp3) is 0.786. The van der Waals surface area contributed by atoms with Gasteiger partial charge in [0, 0.05) is 11.8 Å². The van der Waals surface area contributed by atoms with Crippen molar-refractivity contribution >= 4 is 43.2 Å². The van der Waals surface area contributed by atoms with Crippen LogP contribution in [0.3, 0.4) is 0 Å². The Balaban J connectivity index is 4.70. The lowest BCUT2D eigenvalue weighted by Crippen LogP contribution is -2.35. The molecular weight excluding hydrogens is 328 g/mol. The van der Waals surface area contributed by atoms with Gasteiger partial charge in [-0.2, -0.15) is 25.3 Å². The molecule has 0 aromatic carbocycles. The van der Waals surface area contributed by atoms with Crippen LogP contribution in [-0.4, -0.2) is 49.2 Å². The maximum atomic E-state index is 11.4. The van der Waals surface area contributed by atoms with Gasteiger partial charge in [-0.05, 0) is 12.8 Å². The van der Waals surface area contributed by atoms with Crippen molar-refractivity contribution in [3.63, 3.8) is 0 Å². The van der Waals surface area contributed by atoms with Crippen LogP contribution in [-0.2, 0) is 28.6 Å². The van der Waals surface area contributed by atoms with Crippen molar-refractivity contribution in [1.82, 2.24) is 0 Å². The molecule has 1 atom stereocenters. The molecule has 0 rings (SSSR count). The Bertz CT molecular complexity index is 352. The summed E-state index contributed by atoms with van der Waals surface area (Å²) in [6.45, 7) is 3.93. The quantitative estimate of drug-likeness (QED) is 0.335. The number of hydrogen-bond acceptors (Lipinski definition) is 8. The third kappa shape index (κ3) is 8.53. The third-order valence-electron chi connectivity index (χ3n) is 3.27. The summed E-state index contributed by atoms with van der Waals surface area (Å²) in [7, 11) is 0. The minimum absolute atomic E-state index is 0.00140. The number of carbonyl (C=O) groups excluding carboxylic acids is 3. The zero-order valence-corrected chi connectivity index (χ0v) is 14.8. The highest BCUT2D eigenvalue weighted by molar-refractivity contribution is 7.81. The van der Waals surface area contributed by atoms with Crippen molar-refractivity contribution in [3.05, 3.63) is 0 Å². The van der Waals surface area contributed by atoms with Crippen LogP contribution >= 0.6 is 25.3 Å². The van der Waals surface area contributed by atoms with Crippen LogP contribution in [0.5, 0.6) is 0 Å². The third-order valence-corrected chi connectivity index (χ3v) is 3.79. The number of esters is 3. The van der Waals surface area contributed by atoms with Crippen LogP contribution in [0, 0.1) is 5.41 Å². The van der Waals surface area contributed by atoms with Crippen LogP contribution in [0.2, 0.25) is 0 Å². The highest BCUT2D eigenvalue weighted by atomic mass is 32.1.